The van der Waals surface area contributed by atoms with Gasteiger partial charge in [0.2, 0.25) is 17.7 Å². The Labute approximate surface area is 227 Å². The summed E-state index contributed by atoms with van der Waals surface area (Å²) >= 11 is 6.55. The van der Waals surface area contributed by atoms with Crippen molar-refractivity contribution in [2.45, 2.75) is 59.0 Å². The fourth-order valence-electron chi connectivity index (χ4n) is 3.83. The predicted octanol–water partition coefficient (Wildman–Crippen LogP) is 5.44. The van der Waals surface area contributed by atoms with Gasteiger partial charge in [-0.2, -0.15) is 0 Å². The third-order valence-corrected chi connectivity index (χ3v) is 5.69. The van der Waals surface area contributed by atoms with Gasteiger partial charge in [-0.1, -0.05) is 41.0 Å². The maximum absolute atomic E-state index is 13.8. The highest BCUT2D eigenvalue weighted by atomic mass is 35.5. The van der Waals surface area contributed by atoms with Gasteiger partial charge in [-0.05, 0) is 52.8 Å². The third kappa shape index (κ3) is 7.82. The molecule has 10 heteroatoms. The molecular weight excluding hydrogens is 508 g/mol. The van der Waals surface area contributed by atoms with Crippen molar-refractivity contribution in [1.29, 1.82) is 0 Å². The number of anilines is 2. The number of aromatic nitrogens is 1. The van der Waals surface area contributed by atoms with Gasteiger partial charge in [0.15, 0.2) is 5.82 Å². The van der Waals surface area contributed by atoms with Crippen LogP contribution in [0.2, 0.25) is 5.02 Å². The number of amides is 3. The molecule has 1 unspecified atom stereocenters. The van der Waals surface area contributed by atoms with E-state index in [9.17, 15) is 14.4 Å². The molecule has 1 aromatic heterocycles. The van der Waals surface area contributed by atoms with Gasteiger partial charge in [0.25, 0.3) is 0 Å². The first kappa shape index (κ1) is 28.7. The van der Waals surface area contributed by atoms with Crippen LogP contribution >= 0.6 is 11.6 Å². The Kier molecular flexibility index (Phi) is 9.52. The Balaban J connectivity index is 2.00. The summed E-state index contributed by atoms with van der Waals surface area (Å²) in [7, 11) is 0. The molecule has 0 bridgehead atoms. The van der Waals surface area contributed by atoms with Gasteiger partial charge in [-0.25, -0.2) is 0 Å². The number of carbonyl (C=O) groups is 3. The number of nitrogens with zero attached hydrogens (tertiary/aromatic N) is 2. The van der Waals surface area contributed by atoms with Crippen molar-refractivity contribution in [2.75, 3.05) is 16.8 Å². The van der Waals surface area contributed by atoms with Crippen molar-refractivity contribution >= 4 is 40.8 Å². The number of benzene rings is 2. The highest BCUT2D eigenvalue weighted by Crippen LogP contribution is 2.34. The molecule has 0 saturated carbocycles. The second-order valence-electron chi connectivity index (χ2n) is 9.73. The summed E-state index contributed by atoms with van der Waals surface area (Å²) < 4.78 is 10.6. The highest BCUT2D eigenvalue weighted by Gasteiger charge is 2.35. The number of halogens is 1. The second-order valence-corrected chi connectivity index (χ2v) is 10.1. The monoisotopic (exact) mass is 540 g/mol. The van der Waals surface area contributed by atoms with Gasteiger partial charge in [0.1, 0.15) is 17.6 Å². The first-order chi connectivity index (χ1) is 18.0. The van der Waals surface area contributed by atoms with Gasteiger partial charge < -0.3 is 19.9 Å². The molecule has 1 atom stereocenters. The van der Waals surface area contributed by atoms with E-state index in [2.05, 4.69) is 15.8 Å². The van der Waals surface area contributed by atoms with Gasteiger partial charge in [0, 0.05) is 46.8 Å². The maximum atomic E-state index is 13.8. The van der Waals surface area contributed by atoms with Crippen LogP contribution < -0.4 is 20.3 Å². The highest BCUT2D eigenvalue weighted by molar-refractivity contribution is 6.31. The average Bonchev–Trinajstić information content (AvgIpc) is 3.25. The Morgan fingerprint density at radius 2 is 1.82 bits per heavy atom. The Morgan fingerprint density at radius 3 is 2.45 bits per heavy atom. The van der Waals surface area contributed by atoms with E-state index < -0.39 is 29.3 Å². The van der Waals surface area contributed by atoms with E-state index in [0.29, 0.717) is 34.4 Å². The first-order valence-electron chi connectivity index (χ1n) is 12.3. The van der Waals surface area contributed by atoms with E-state index in [1.165, 1.54) is 4.90 Å². The van der Waals surface area contributed by atoms with Gasteiger partial charge in [-0.3, -0.25) is 19.3 Å². The summed E-state index contributed by atoms with van der Waals surface area (Å²) in [6.07, 6.45) is -0.312. The molecule has 0 spiro atoms. The molecule has 0 aliphatic heterocycles. The van der Waals surface area contributed by atoms with Crippen molar-refractivity contribution in [1.82, 2.24) is 10.5 Å². The van der Waals surface area contributed by atoms with E-state index in [-0.39, 0.29) is 18.7 Å². The lowest BCUT2D eigenvalue weighted by Crippen LogP contribution is -2.49. The molecular formula is C28H33ClN4O5. The van der Waals surface area contributed by atoms with Crippen LogP contribution in [0.15, 0.2) is 59.1 Å². The number of aryl methyl sites for hydroxylation is 1. The van der Waals surface area contributed by atoms with Crippen molar-refractivity contribution in [3.05, 3.63) is 70.9 Å². The number of carbonyl (C=O) groups excluding carboxylic acids is 3. The van der Waals surface area contributed by atoms with Crippen molar-refractivity contribution in [3.63, 3.8) is 0 Å². The molecule has 0 fully saturated rings. The number of hydrogen-bond donors (Lipinski definition) is 2. The summed E-state index contributed by atoms with van der Waals surface area (Å²) in [4.78, 5) is 41.5. The lowest BCUT2D eigenvalue weighted by molar-refractivity contribution is -0.128. The van der Waals surface area contributed by atoms with E-state index in [0.717, 1.165) is 0 Å². The summed E-state index contributed by atoms with van der Waals surface area (Å²) in [5.41, 5.74) is 0.310. The second kappa shape index (κ2) is 12.6. The van der Waals surface area contributed by atoms with Crippen LogP contribution in [0, 0.1) is 6.92 Å². The molecule has 0 saturated heterocycles. The van der Waals surface area contributed by atoms with Gasteiger partial charge in [0.05, 0.1) is 6.61 Å². The van der Waals surface area contributed by atoms with Crippen molar-refractivity contribution in [3.8, 4) is 5.75 Å². The van der Waals surface area contributed by atoms with Crippen LogP contribution in [0.5, 0.6) is 5.75 Å². The number of nitrogens with one attached hydrogen (secondary N) is 2. The average molecular weight is 541 g/mol. The Morgan fingerprint density at radius 1 is 1.08 bits per heavy atom. The normalized spacial score (nSPS) is 11.9. The summed E-state index contributed by atoms with van der Waals surface area (Å²) in [6.45, 7) is 9.55. The lowest BCUT2D eigenvalue weighted by atomic mass is 10.00. The number of ether oxygens (including phenoxy) is 1. The Hall–Kier alpha value is -3.85. The third-order valence-electron chi connectivity index (χ3n) is 5.34. The molecule has 9 nitrogen and oxygen atoms in total. The largest absolute Gasteiger partial charge is 0.494 e. The smallest absolute Gasteiger partial charge is 0.248 e. The minimum absolute atomic E-state index is 0.136. The van der Waals surface area contributed by atoms with Crippen LogP contribution in [0.1, 0.15) is 57.9 Å². The van der Waals surface area contributed by atoms with Gasteiger partial charge in [-0.15, -0.1) is 0 Å². The zero-order valence-corrected chi connectivity index (χ0v) is 23.0. The SMILES string of the molecule is CCOc1cccc(N(C(=O)CCC(=O)Nc2cc(C)on2)C(C(=O)NC(C)(C)C)c2ccccc2Cl)c1. The van der Waals surface area contributed by atoms with Crippen LogP contribution in [0.25, 0.3) is 0 Å². The minimum Gasteiger partial charge on any atom is -0.494 e. The molecule has 0 aliphatic carbocycles. The standard InChI is InChI=1S/C28H33ClN4O5/c1-6-37-20-11-9-10-19(17-20)33(25(35)15-14-24(34)30-23-16-18(2)38-32-23)26(27(36)31-28(3,4)5)21-12-7-8-13-22(21)29/h7-13,16-17,26H,6,14-15H2,1-5H3,(H,31,36)(H,30,32,34). The predicted molar refractivity (Wildman–Crippen MR) is 146 cm³/mol. The molecule has 2 aromatic carbocycles. The van der Waals surface area contributed by atoms with Crippen LogP contribution in [-0.4, -0.2) is 35.0 Å². The van der Waals surface area contributed by atoms with E-state index in [1.54, 1.807) is 61.5 Å². The number of rotatable bonds is 10. The molecule has 0 aliphatic rings. The van der Waals surface area contributed by atoms with Crippen molar-refractivity contribution < 1.29 is 23.6 Å². The molecule has 0 radical (unpaired) electrons. The van der Waals surface area contributed by atoms with Gasteiger partial charge >= 0.3 is 0 Å². The fraction of sp³-hybridized carbons (Fsp3) is 0.357. The van der Waals surface area contributed by atoms with Crippen LogP contribution in [0.4, 0.5) is 11.5 Å². The molecule has 202 valence electrons. The maximum Gasteiger partial charge on any atom is 0.248 e. The minimum atomic E-state index is -1.10. The molecule has 3 rings (SSSR count). The summed E-state index contributed by atoms with van der Waals surface area (Å²) in [5.74, 6) is 0.0745. The van der Waals surface area contributed by atoms with E-state index in [1.807, 2.05) is 27.7 Å². The van der Waals surface area contributed by atoms with Crippen molar-refractivity contribution in [2.24, 2.45) is 0 Å². The zero-order chi connectivity index (χ0) is 27.9. The van der Waals surface area contributed by atoms with Crippen LogP contribution in [0.3, 0.4) is 0 Å². The quantitative estimate of drug-likeness (QED) is 0.354. The topological polar surface area (TPSA) is 114 Å². The number of hydrogen-bond acceptors (Lipinski definition) is 6. The molecule has 2 N–H and O–H groups in total. The summed E-state index contributed by atoms with van der Waals surface area (Å²) in [5, 5.41) is 9.66. The van der Waals surface area contributed by atoms with E-state index >= 15 is 0 Å². The first-order valence-corrected chi connectivity index (χ1v) is 12.7. The fourth-order valence-corrected chi connectivity index (χ4v) is 4.07. The Bertz CT molecular complexity index is 1280. The zero-order valence-electron chi connectivity index (χ0n) is 22.2. The molecule has 1 heterocycles. The summed E-state index contributed by atoms with van der Waals surface area (Å²) in [6, 6.07) is 14.3. The molecule has 38 heavy (non-hydrogen) atoms. The lowest BCUT2D eigenvalue weighted by Gasteiger charge is -2.34. The van der Waals surface area contributed by atoms with E-state index in [4.69, 9.17) is 20.9 Å². The molecule has 3 aromatic rings. The molecule has 3 amide bonds. The van der Waals surface area contributed by atoms with Crippen LogP contribution in [-0.2, 0) is 14.4 Å².